The Hall–Kier alpha value is -1.58. The Morgan fingerprint density at radius 3 is 2.70 bits per heavy atom. The fourth-order valence-electron chi connectivity index (χ4n) is 2.69. The van der Waals surface area contributed by atoms with Crippen LogP contribution in [-0.2, 0) is 0 Å². The summed E-state index contributed by atoms with van der Waals surface area (Å²) in [5.41, 5.74) is 3.65. The molecule has 0 N–H and O–H groups in total. The van der Waals surface area contributed by atoms with Crippen LogP contribution in [0.3, 0.4) is 0 Å². The van der Waals surface area contributed by atoms with Gasteiger partial charge in [-0.05, 0) is 23.3 Å². The fraction of sp³-hybridized carbons (Fsp3) is 0.118. The van der Waals surface area contributed by atoms with Gasteiger partial charge in [0.05, 0.1) is 10.2 Å². The Kier molecular flexibility index (Phi) is 2.90. The summed E-state index contributed by atoms with van der Waals surface area (Å²) in [4.78, 5) is 4.78. The standard InChI is InChI=1S/C17H13NS2/c19-16-12-6-2-1-5-11(12)9-10-13(16)17-18-14-7-3-4-8-15(14)20-17/h1-10,13,16,19H. The number of thiol groups is 1. The maximum atomic E-state index is 4.84. The number of hydrogen-bond donors (Lipinski definition) is 1. The van der Waals surface area contributed by atoms with Crippen LogP contribution < -0.4 is 0 Å². The van der Waals surface area contributed by atoms with Crippen molar-refractivity contribution < 1.29 is 0 Å². The Bertz CT molecular complexity index is 770. The van der Waals surface area contributed by atoms with E-state index in [9.17, 15) is 0 Å². The molecule has 1 aliphatic carbocycles. The number of para-hydroxylation sites is 1. The van der Waals surface area contributed by atoms with Crippen molar-refractivity contribution in [3.05, 3.63) is 70.7 Å². The topological polar surface area (TPSA) is 12.9 Å². The first kappa shape index (κ1) is 12.2. The first-order chi connectivity index (χ1) is 9.83. The van der Waals surface area contributed by atoms with E-state index in [1.807, 2.05) is 6.07 Å². The maximum absolute atomic E-state index is 4.84. The van der Waals surface area contributed by atoms with E-state index in [2.05, 4.69) is 54.6 Å². The van der Waals surface area contributed by atoms with Gasteiger partial charge in [-0.25, -0.2) is 4.98 Å². The number of nitrogens with zero attached hydrogens (tertiary/aromatic N) is 1. The summed E-state index contributed by atoms with van der Waals surface area (Å²) < 4.78 is 1.25. The number of allylic oxidation sites excluding steroid dienone is 1. The molecule has 2 aromatic carbocycles. The van der Waals surface area contributed by atoms with Crippen molar-refractivity contribution in [1.29, 1.82) is 0 Å². The van der Waals surface area contributed by atoms with Crippen LogP contribution in [0.2, 0.25) is 0 Å². The van der Waals surface area contributed by atoms with Crippen molar-refractivity contribution in [2.24, 2.45) is 0 Å². The van der Waals surface area contributed by atoms with Gasteiger partial charge in [0.1, 0.15) is 5.01 Å². The summed E-state index contributed by atoms with van der Waals surface area (Å²) in [7, 11) is 0. The minimum absolute atomic E-state index is 0.178. The Balaban J connectivity index is 1.80. The molecule has 1 aromatic heterocycles. The second-order valence-electron chi connectivity index (χ2n) is 4.98. The van der Waals surface area contributed by atoms with Crippen LogP contribution in [0.4, 0.5) is 0 Å². The lowest BCUT2D eigenvalue weighted by Gasteiger charge is -2.24. The van der Waals surface area contributed by atoms with Crippen molar-refractivity contribution in [2.45, 2.75) is 11.2 Å². The molecule has 0 saturated carbocycles. The quantitative estimate of drug-likeness (QED) is 0.618. The average Bonchev–Trinajstić information content (AvgIpc) is 2.91. The zero-order valence-corrected chi connectivity index (χ0v) is 12.4. The van der Waals surface area contributed by atoms with Gasteiger partial charge >= 0.3 is 0 Å². The zero-order chi connectivity index (χ0) is 13.5. The van der Waals surface area contributed by atoms with Gasteiger partial charge in [-0.2, -0.15) is 12.6 Å². The van der Waals surface area contributed by atoms with Crippen LogP contribution in [0.25, 0.3) is 16.3 Å². The summed E-state index contributed by atoms with van der Waals surface area (Å²) in [6, 6.07) is 16.8. The molecule has 4 rings (SSSR count). The fourth-order valence-corrected chi connectivity index (χ4v) is 4.35. The minimum atomic E-state index is 0.178. The lowest BCUT2D eigenvalue weighted by atomic mass is 9.89. The monoisotopic (exact) mass is 295 g/mol. The van der Waals surface area contributed by atoms with E-state index in [0.717, 1.165) is 10.5 Å². The van der Waals surface area contributed by atoms with Gasteiger partial charge in [0, 0.05) is 11.2 Å². The number of hydrogen-bond acceptors (Lipinski definition) is 3. The van der Waals surface area contributed by atoms with Crippen LogP contribution in [0.5, 0.6) is 0 Å². The highest BCUT2D eigenvalue weighted by Gasteiger charge is 2.26. The third kappa shape index (κ3) is 1.89. The van der Waals surface area contributed by atoms with Gasteiger partial charge in [-0.3, -0.25) is 0 Å². The molecule has 2 unspecified atom stereocenters. The van der Waals surface area contributed by atoms with Gasteiger partial charge in [0.2, 0.25) is 0 Å². The second-order valence-corrected chi connectivity index (χ2v) is 6.60. The molecule has 0 spiro atoms. The molecular weight excluding hydrogens is 282 g/mol. The van der Waals surface area contributed by atoms with Crippen LogP contribution >= 0.6 is 24.0 Å². The van der Waals surface area contributed by atoms with Crippen LogP contribution in [-0.4, -0.2) is 4.98 Å². The van der Waals surface area contributed by atoms with E-state index in [0.29, 0.717) is 0 Å². The highest BCUT2D eigenvalue weighted by Crippen LogP contribution is 2.44. The number of benzene rings is 2. The first-order valence-corrected chi connectivity index (χ1v) is 7.97. The minimum Gasteiger partial charge on any atom is -0.241 e. The summed E-state index contributed by atoms with van der Waals surface area (Å²) in [6.07, 6.45) is 4.43. The second kappa shape index (κ2) is 4.76. The Morgan fingerprint density at radius 2 is 1.80 bits per heavy atom. The van der Waals surface area contributed by atoms with Gasteiger partial charge in [0.25, 0.3) is 0 Å². The van der Waals surface area contributed by atoms with Crippen molar-refractivity contribution in [1.82, 2.24) is 4.98 Å². The van der Waals surface area contributed by atoms with Crippen molar-refractivity contribution in [3.63, 3.8) is 0 Å². The van der Waals surface area contributed by atoms with Crippen LogP contribution in [0.1, 0.15) is 27.3 Å². The molecule has 0 fully saturated rings. The smallest absolute Gasteiger partial charge is 0.102 e. The summed E-state index contributed by atoms with van der Waals surface area (Å²) in [6.45, 7) is 0. The normalized spacial score (nSPS) is 21.1. The van der Waals surface area contributed by atoms with Crippen LogP contribution in [0.15, 0.2) is 54.6 Å². The number of aromatic nitrogens is 1. The molecule has 0 aliphatic heterocycles. The van der Waals surface area contributed by atoms with Gasteiger partial charge in [-0.15, -0.1) is 11.3 Å². The SMILES string of the molecule is SC1c2ccccc2C=CC1c1nc2ccccc2s1. The molecule has 98 valence electrons. The highest BCUT2D eigenvalue weighted by molar-refractivity contribution is 7.80. The van der Waals surface area contributed by atoms with Crippen molar-refractivity contribution >= 4 is 40.3 Å². The van der Waals surface area contributed by atoms with E-state index in [1.54, 1.807) is 11.3 Å². The summed E-state index contributed by atoms with van der Waals surface area (Å²) in [5, 5.41) is 1.33. The van der Waals surface area contributed by atoms with E-state index < -0.39 is 0 Å². The van der Waals surface area contributed by atoms with Crippen LogP contribution in [0, 0.1) is 0 Å². The van der Waals surface area contributed by atoms with Gasteiger partial charge in [0.15, 0.2) is 0 Å². The predicted octanol–water partition coefficient (Wildman–Crippen LogP) is 5.08. The zero-order valence-electron chi connectivity index (χ0n) is 10.7. The molecule has 3 aromatic rings. The number of thiazole rings is 1. The maximum Gasteiger partial charge on any atom is 0.102 e. The Morgan fingerprint density at radius 1 is 1.00 bits per heavy atom. The summed E-state index contributed by atoms with van der Waals surface area (Å²) >= 11 is 6.61. The molecule has 3 heteroatoms. The molecule has 20 heavy (non-hydrogen) atoms. The lowest BCUT2D eigenvalue weighted by Crippen LogP contribution is -2.08. The van der Waals surface area contributed by atoms with Gasteiger partial charge in [-0.1, -0.05) is 48.6 Å². The molecule has 1 heterocycles. The van der Waals surface area contributed by atoms with Crippen molar-refractivity contribution in [2.75, 3.05) is 0 Å². The van der Waals surface area contributed by atoms with E-state index in [-0.39, 0.29) is 11.2 Å². The van der Waals surface area contributed by atoms with E-state index in [1.165, 1.54) is 15.8 Å². The predicted molar refractivity (Wildman–Crippen MR) is 89.6 cm³/mol. The van der Waals surface area contributed by atoms with E-state index >= 15 is 0 Å². The molecule has 0 saturated heterocycles. The lowest BCUT2D eigenvalue weighted by molar-refractivity contribution is 0.804. The first-order valence-electron chi connectivity index (χ1n) is 6.63. The molecule has 0 radical (unpaired) electrons. The largest absolute Gasteiger partial charge is 0.241 e. The van der Waals surface area contributed by atoms with Gasteiger partial charge < -0.3 is 0 Å². The average molecular weight is 295 g/mol. The highest BCUT2D eigenvalue weighted by atomic mass is 32.1. The Labute approximate surface area is 127 Å². The van der Waals surface area contributed by atoms with Crippen molar-refractivity contribution in [3.8, 4) is 0 Å². The molecule has 1 nitrogen and oxygen atoms in total. The molecule has 0 amide bonds. The molecular formula is C17H13NS2. The third-order valence-electron chi connectivity index (χ3n) is 3.73. The summed E-state index contributed by atoms with van der Waals surface area (Å²) in [5.74, 6) is 0.255. The number of rotatable bonds is 1. The number of fused-ring (bicyclic) bond motifs is 2. The molecule has 0 bridgehead atoms. The van der Waals surface area contributed by atoms with E-state index in [4.69, 9.17) is 17.6 Å². The molecule has 2 atom stereocenters. The molecule has 1 aliphatic rings. The third-order valence-corrected chi connectivity index (χ3v) is 5.47.